The highest BCUT2D eigenvalue weighted by Gasteiger charge is 2.02. The van der Waals surface area contributed by atoms with Crippen LogP contribution in [0.5, 0.6) is 0 Å². The lowest BCUT2D eigenvalue weighted by Crippen LogP contribution is -1.76. The Morgan fingerprint density at radius 3 is 2.31 bits per heavy atom. The van der Waals surface area contributed by atoms with Gasteiger partial charge in [0.05, 0.1) is 0 Å². The van der Waals surface area contributed by atoms with Crippen molar-refractivity contribution in [1.29, 1.82) is 0 Å². The third-order valence-electron chi connectivity index (χ3n) is 1.97. The maximum absolute atomic E-state index is 12.6. The first-order valence-electron chi connectivity index (χ1n) is 4.07. The van der Waals surface area contributed by atoms with Crippen molar-refractivity contribution < 1.29 is 4.39 Å². The van der Waals surface area contributed by atoms with Gasteiger partial charge in [-0.25, -0.2) is 4.39 Å². The molecule has 0 aliphatic carbocycles. The predicted molar refractivity (Wildman–Crippen MR) is 54.5 cm³/mol. The van der Waals surface area contributed by atoms with E-state index >= 15 is 0 Å². The molecule has 0 nitrogen and oxygen atoms in total. The average molecular weight is 192 g/mol. The number of rotatable bonds is 1. The van der Waals surface area contributed by atoms with Crippen LogP contribution in [0, 0.1) is 12.7 Å². The Morgan fingerprint density at radius 2 is 1.77 bits per heavy atom. The summed E-state index contributed by atoms with van der Waals surface area (Å²) in [4.78, 5) is 1.22. The van der Waals surface area contributed by atoms with E-state index in [9.17, 15) is 4.39 Å². The first-order valence-corrected chi connectivity index (χ1v) is 4.95. The summed E-state index contributed by atoms with van der Waals surface area (Å²) in [7, 11) is 0. The lowest BCUT2D eigenvalue weighted by Gasteiger charge is -1.98. The van der Waals surface area contributed by atoms with Crippen molar-refractivity contribution in [1.82, 2.24) is 0 Å². The van der Waals surface area contributed by atoms with E-state index in [1.165, 1.54) is 22.6 Å². The summed E-state index contributed by atoms with van der Waals surface area (Å²) in [6.07, 6.45) is 0. The van der Waals surface area contributed by atoms with E-state index in [0.717, 1.165) is 5.56 Å². The maximum Gasteiger partial charge on any atom is 0.123 e. The van der Waals surface area contributed by atoms with Crippen molar-refractivity contribution in [2.75, 3.05) is 0 Å². The van der Waals surface area contributed by atoms with Gasteiger partial charge in [-0.05, 0) is 41.6 Å². The number of benzene rings is 1. The van der Waals surface area contributed by atoms with Gasteiger partial charge in [0.1, 0.15) is 5.82 Å². The van der Waals surface area contributed by atoms with E-state index in [2.05, 4.69) is 13.0 Å². The monoisotopic (exact) mass is 192 g/mol. The highest BCUT2D eigenvalue weighted by molar-refractivity contribution is 7.13. The van der Waals surface area contributed by atoms with E-state index < -0.39 is 0 Å². The molecule has 0 fully saturated rings. The second kappa shape index (κ2) is 3.30. The molecule has 13 heavy (non-hydrogen) atoms. The number of aryl methyl sites for hydroxylation is 1. The summed E-state index contributed by atoms with van der Waals surface area (Å²) in [5.74, 6) is -0.182. The van der Waals surface area contributed by atoms with Gasteiger partial charge in [-0.15, -0.1) is 11.3 Å². The van der Waals surface area contributed by atoms with Crippen LogP contribution >= 0.6 is 11.3 Å². The fourth-order valence-electron chi connectivity index (χ4n) is 1.27. The van der Waals surface area contributed by atoms with Gasteiger partial charge in [-0.1, -0.05) is 12.1 Å². The van der Waals surface area contributed by atoms with Crippen molar-refractivity contribution in [3.05, 3.63) is 47.1 Å². The van der Waals surface area contributed by atoms with Gasteiger partial charge in [0, 0.05) is 4.88 Å². The third kappa shape index (κ3) is 1.63. The van der Waals surface area contributed by atoms with Crippen molar-refractivity contribution in [3.63, 3.8) is 0 Å². The van der Waals surface area contributed by atoms with Gasteiger partial charge < -0.3 is 0 Å². The summed E-state index contributed by atoms with van der Waals surface area (Å²) in [6.45, 7) is 2.06. The summed E-state index contributed by atoms with van der Waals surface area (Å²) in [5.41, 5.74) is 2.34. The molecule has 66 valence electrons. The van der Waals surface area contributed by atoms with Crippen molar-refractivity contribution >= 4 is 11.3 Å². The molecule has 1 heterocycles. The van der Waals surface area contributed by atoms with Crippen LogP contribution in [0.25, 0.3) is 10.4 Å². The van der Waals surface area contributed by atoms with Crippen molar-refractivity contribution in [2.24, 2.45) is 0 Å². The van der Waals surface area contributed by atoms with Crippen LogP contribution in [0.2, 0.25) is 0 Å². The molecule has 0 spiro atoms. The number of hydrogen-bond donors (Lipinski definition) is 0. The molecule has 0 unspecified atom stereocenters. The van der Waals surface area contributed by atoms with Gasteiger partial charge in [0.15, 0.2) is 0 Å². The largest absolute Gasteiger partial charge is 0.207 e. The molecule has 2 heteroatoms. The number of halogens is 1. The van der Waals surface area contributed by atoms with Crippen molar-refractivity contribution in [3.8, 4) is 10.4 Å². The third-order valence-corrected chi connectivity index (χ3v) is 3.03. The Kier molecular flexibility index (Phi) is 2.15. The molecule has 1 aromatic carbocycles. The Morgan fingerprint density at radius 1 is 1.08 bits per heavy atom. The Labute approximate surface area is 80.7 Å². The molecule has 0 saturated carbocycles. The molecule has 0 aliphatic heterocycles. The lowest BCUT2D eigenvalue weighted by atomic mass is 10.1. The molecule has 0 radical (unpaired) electrons. The smallest absolute Gasteiger partial charge is 0.123 e. The first kappa shape index (κ1) is 8.45. The normalized spacial score (nSPS) is 10.3. The maximum atomic E-state index is 12.6. The second-order valence-electron chi connectivity index (χ2n) is 2.94. The van der Waals surface area contributed by atoms with Crippen molar-refractivity contribution in [2.45, 2.75) is 6.92 Å². The van der Waals surface area contributed by atoms with Crippen LogP contribution in [0.3, 0.4) is 0 Å². The second-order valence-corrected chi connectivity index (χ2v) is 3.86. The summed E-state index contributed by atoms with van der Waals surface area (Å²) < 4.78 is 12.6. The average Bonchev–Trinajstić information content (AvgIpc) is 2.53. The van der Waals surface area contributed by atoms with E-state index in [0.29, 0.717) is 0 Å². The highest BCUT2D eigenvalue weighted by Crippen LogP contribution is 2.28. The summed E-state index contributed by atoms with van der Waals surface area (Å²) in [5, 5.41) is 2.05. The molecule has 2 rings (SSSR count). The summed E-state index contributed by atoms with van der Waals surface area (Å²) in [6, 6.07) is 8.69. The molecule has 0 saturated heterocycles. The standard InChI is InChI=1S/C11H9FS/c1-8-6-7-13-11(8)9-2-4-10(12)5-3-9/h2-7H,1H3. The topological polar surface area (TPSA) is 0 Å². The summed E-state index contributed by atoms with van der Waals surface area (Å²) >= 11 is 1.69. The Bertz CT molecular complexity index is 400. The van der Waals surface area contributed by atoms with E-state index in [1.54, 1.807) is 11.3 Å². The molecular weight excluding hydrogens is 183 g/mol. The van der Waals surface area contributed by atoms with Gasteiger partial charge in [0.25, 0.3) is 0 Å². The lowest BCUT2D eigenvalue weighted by molar-refractivity contribution is 0.628. The fourth-order valence-corrected chi connectivity index (χ4v) is 2.20. The molecule has 0 aliphatic rings. The number of thiophene rings is 1. The van der Waals surface area contributed by atoms with Gasteiger partial charge in [-0.3, -0.25) is 0 Å². The van der Waals surface area contributed by atoms with Gasteiger partial charge in [-0.2, -0.15) is 0 Å². The molecule has 1 aromatic heterocycles. The van der Waals surface area contributed by atoms with Gasteiger partial charge >= 0.3 is 0 Å². The predicted octanol–water partition coefficient (Wildman–Crippen LogP) is 3.86. The van der Waals surface area contributed by atoms with Crippen LogP contribution in [0.1, 0.15) is 5.56 Å². The van der Waals surface area contributed by atoms with Crippen LogP contribution < -0.4 is 0 Å². The molecule has 0 bridgehead atoms. The SMILES string of the molecule is Cc1ccsc1-c1ccc(F)cc1. The van der Waals surface area contributed by atoms with E-state index in [-0.39, 0.29) is 5.82 Å². The molecular formula is C11H9FS. The molecule has 2 aromatic rings. The Balaban J connectivity index is 2.47. The van der Waals surface area contributed by atoms with E-state index in [1.807, 2.05) is 17.5 Å². The molecule has 0 N–H and O–H groups in total. The minimum atomic E-state index is -0.182. The fraction of sp³-hybridized carbons (Fsp3) is 0.0909. The van der Waals surface area contributed by atoms with Crippen LogP contribution in [-0.4, -0.2) is 0 Å². The minimum absolute atomic E-state index is 0.182. The van der Waals surface area contributed by atoms with Crippen LogP contribution in [0.15, 0.2) is 35.7 Å². The number of hydrogen-bond acceptors (Lipinski definition) is 1. The quantitative estimate of drug-likeness (QED) is 0.643. The van der Waals surface area contributed by atoms with Crippen LogP contribution in [0.4, 0.5) is 4.39 Å². The Hall–Kier alpha value is -1.15. The van der Waals surface area contributed by atoms with E-state index in [4.69, 9.17) is 0 Å². The molecule has 0 atom stereocenters. The zero-order chi connectivity index (χ0) is 9.26. The zero-order valence-corrected chi connectivity index (χ0v) is 8.07. The highest BCUT2D eigenvalue weighted by atomic mass is 32.1. The molecule has 0 amide bonds. The first-order chi connectivity index (χ1) is 6.27. The van der Waals surface area contributed by atoms with Crippen LogP contribution in [-0.2, 0) is 0 Å². The minimum Gasteiger partial charge on any atom is -0.207 e. The van der Waals surface area contributed by atoms with Gasteiger partial charge in [0.2, 0.25) is 0 Å². The zero-order valence-electron chi connectivity index (χ0n) is 7.25.